The Morgan fingerprint density at radius 2 is 2.20 bits per heavy atom. The van der Waals surface area contributed by atoms with Crippen LogP contribution >= 0.6 is 0 Å². The molecule has 1 aromatic rings. The number of halogens is 1. The molecule has 0 spiro atoms. The molecule has 116 valence electrons. The predicted octanol–water partition coefficient (Wildman–Crippen LogP) is -2.98. The Morgan fingerprint density at radius 1 is 1.50 bits per heavy atom. The maximum Gasteiger partial charge on any atom is 0.305 e. The highest BCUT2D eigenvalue weighted by Crippen LogP contribution is 1.94. The van der Waals surface area contributed by atoms with Gasteiger partial charge in [0.2, 0.25) is 0 Å². The highest BCUT2D eigenvalue weighted by molar-refractivity contribution is 7.91. The van der Waals surface area contributed by atoms with Crippen LogP contribution in [0.15, 0.2) is 17.5 Å². The Hall–Kier alpha value is -1.12. The van der Waals surface area contributed by atoms with Gasteiger partial charge in [0.15, 0.2) is 22.8 Å². The van der Waals surface area contributed by atoms with Crippen molar-refractivity contribution in [2.45, 2.75) is 27.1 Å². The van der Waals surface area contributed by atoms with E-state index in [1.165, 1.54) is 6.21 Å². The minimum Gasteiger partial charge on any atom is -1.00 e. The van der Waals surface area contributed by atoms with Crippen molar-refractivity contribution < 1.29 is 35.3 Å². The van der Waals surface area contributed by atoms with Crippen LogP contribution in [-0.4, -0.2) is 42.5 Å². The Kier molecular flexibility index (Phi) is 8.43. The molecule has 1 rings (SSSR count). The van der Waals surface area contributed by atoms with Gasteiger partial charge >= 0.3 is 5.82 Å². The number of ether oxygens (including phenoxy) is 1. The monoisotopic (exact) mass is 325 g/mol. The molecule has 0 atom stereocenters. The van der Waals surface area contributed by atoms with Crippen molar-refractivity contribution in [1.82, 2.24) is 4.57 Å². The maximum atomic E-state index is 11.3. The Morgan fingerprint density at radius 3 is 2.75 bits per heavy atom. The highest BCUT2D eigenvalue weighted by Gasteiger charge is 2.14. The van der Waals surface area contributed by atoms with Crippen LogP contribution in [0.4, 0.5) is 0 Å². The van der Waals surface area contributed by atoms with Crippen LogP contribution in [0.3, 0.4) is 0 Å². The van der Waals surface area contributed by atoms with Crippen molar-refractivity contribution >= 4 is 16.1 Å². The van der Waals surface area contributed by atoms with Crippen LogP contribution < -0.4 is 17.0 Å². The number of nitrogens with zero attached hydrogens (tertiary/aromatic N) is 3. The average Bonchev–Trinajstić information content (AvgIpc) is 2.78. The zero-order chi connectivity index (χ0) is 14.3. The van der Waals surface area contributed by atoms with E-state index in [0.29, 0.717) is 5.82 Å². The van der Waals surface area contributed by atoms with E-state index >= 15 is 0 Å². The molecule has 0 saturated carbocycles. The molecular formula is C11H20ClN3O4S. The van der Waals surface area contributed by atoms with Crippen LogP contribution in [0.1, 0.15) is 19.7 Å². The van der Waals surface area contributed by atoms with Crippen LogP contribution in [0.25, 0.3) is 0 Å². The minimum atomic E-state index is -3.00. The van der Waals surface area contributed by atoms with Crippen LogP contribution in [0, 0.1) is 0 Å². The van der Waals surface area contributed by atoms with Crippen molar-refractivity contribution in [3.05, 3.63) is 18.2 Å². The summed E-state index contributed by atoms with van der Waals surface area (Å²) in [5.74, 6) is 0.823. The largest absolute Gasteiger partial charge is 1.00 e. The second-order valence-electron chi connectivity index (χ2n) is 3.93. The summed E-state index contributed by atoms with van der Waals surface area (Å²) in [6.07, 6.45) is 4.94. The first kappa shape index (κ1) is 18.9. The Bertz CT molecular complexity index is 528. The molecule has 0 aliphatic heterocycles. The lowest BCUT2D eigenvalue weighted by Crippen LogP contribution is -3.00. The third-order valence-electron chi connectivity index (χ3n) is 2.74. The van der Waals surface area contributed by atoms with E-state index in [2.05, 4.69) is 5.16 Å². The quantitative estimate of drug-likeness (QED) is 0.182. The molecule has 0 saturated heterocycles. The molecule has 1 heterocycles. The topological polar surface area (TPSA) is 84.8 Å². The molecular weight excluding hydrogens is 306 g/mol. The molecule has 0 fully saturated rings. The number of imidazole rings is 1. The number of sulfone groups is 1. The third-order valence-corrected chi connectivity index (χ3v) is 4.41. The zero-order valence-corrected chi connectivity index (χ0v) is 13.1. The van der Waals surface area contributed by atoms with Crippen molar-refractivity contribution in [1.29, 1.82) is 0 Å². The third kappa shape index (κ3) is 5.48. The highest BCUT2D eigenvalue weighted by atomic mass is 35.5. The molecule has 1 aromatic heterocycles. The summed E-state index contributed by atoms with van der Waals surface area (Å²) in [6, 6.07) is 0. The summed E-state index contributed by atoms with van der Waals surface area (Å²) in [7, 11) is -3.00. The van der Waals surface area contributed by atoms with Crippen LogP contribution in [0.2, 0.25) is 0 Å². The van der Waals surface area contributed by atoms with Gasteiger partial charge in [-0.25, -0.2) is 17.6 Å². The van der Waals surface area contributed by atoms with Gasteiger partial charge in [-0.15, -0.1) is 0 Å². The minimum absolute atomic E-state index is 0. The second kappa shape index (κ2) is 8.93. The second-order valence-corrected chi connectivity index (χ2v) is 6.40. The molecule has 9 heteroatoms. The lowest BCUT2D eigenvalue weighted by molar-refractivity contribution is -0.732. The summed E-state index contributed by atoms with van der Waals surface area (Å²) in [6.45, 7) is 4.68. The summed E-state index contributed by atoms with van der Waals surface area (Å²) in [4.78, 5) is 0. The van der Waals surface area contributed by atoms with E-state index in [0.717, 1.165) is 6.54 Å². The van der Waals surface area contributed by atoms with Crippen LogP contribution in [-0.2, 0) is 27.8 Å². The van der Waals surface area contributed by atoms with Gasteiger partial charge in [0.05, 0.1) is 18.9 Å². The lowest BCUT2D eigenvalue weighted by atomic mass is 10.6. The zero-order valence-electron chi connectivity index (χ0n) is 11.6. The van der Waals surface area contributed by atoms with E-state index in [1.807, 2.05) is 17.7 Å². The molecule has 0 amide bonds. The lowest BCUT2D eigenvalue weighted by Gasteiger charge is -2.03. The molecule has 1 N–H and O–H groups in total. The fourth-order valence-electron chi connectivity index (χ4n) is 1.55. The molecule has 0 unspecified atom stereocenters. The number of aryl methyl sites for hydroxylation is 1. The summed E-state index contributed by atoms with van der Waals surface area (Å²) >= 11 is 0. The molecule has 0 bridgehead atoms. The van der Waals surface area contributed by atoms with Gasteiger partial charge in [-0.2, -0.15) is 0 Å². The van der Waals surface area contributed by atoms with Gasteiger partial charge in [0.25, 0.3) is 0 Å². The van der Waals surface area contributed by atoms with Gasteiger partial charge in [0.1, 0.15) is 12.4 Å². The SMILES string of the molecule is CCn1cc[n+](COCCS(=O)(=O)CC)c1/C=N/O.[Cl-]. The van der Waals surface area contributed by atoms with Crippen LogP contribution in [0.5, 0.6) is 0 Å². The van der Waals surface area contributed by atoms with Gasteiger partial charge in [-0.3, -0.25) is 0 Å². The standard InChI is InChI=1S/C11H19N3O4S.ClH/c1-3-13-5-6-14(11(13)9-12-15)10-18-7-8-19(16,17)4-2;/h5-6,9H,3-4,7-8,10H2,1-2H3;1H. The molecule has 7 nitrogen and oxygen atoms in total. The molecule has 0 aromatic carbocycles. The number of hydrogen-bond donors (Lipinski definition) is 1. The summed E-state index contributed by atoms with van der Waals surface area (Å²) < 4.78 is 31.5. The van der Waals surface area contributed by atoms with E-state index in [4.69, 9.17) is 9.94 Å². The fraction of sp³-hybridized carbons (Fsp3) is 0.636. The number of oxime groups is 1. The van der Waals surface area contributed by atoms with E-state index in [1.54, 1.807) is 17.7 Å². The fourth-order valence-corrected chi connectivity index (χ4v) is 2.21. The first-order valence-electron chi connectivity index (χ1n) is 6.08. The first-order valence-corrected chi connectivity index (χ1v) is 7.90. The van der Waals surface area contributed by atoms with E-state index < -0.39 is 9.84 Å². The van der Waals surface area contributed by atoms with Gasteiger partial charge in [-0.1, -0.05) is 12.1 Å². The van der Waals surface area contributed by atoms with Crippen molar-refractivity contribution in [3.63, 3.8) is 0 Å². The number of aromatic nitrogens is 2. The summed E-state index contributed by atoms with van der Waals surface area (Å²) in [5.41, 5.74) is 0. The van der Waals surface area contributed by atoms with Crippen molar-refractivity contribution in [2.75, 3.05) is 18.1 Å². The Balaban J connectivity index is 0.00000361. The van der Waals surface area contributed by atoms with E-state index in [-0.39, 0.29) is 37.3 Å². The van der Waals surface area contributed by atoms with Crippen molar-refractivity contribution in [2.24, 2.45) is 5.16 Å². The Labute approximate surface area is 125 Å². The number of rotatable bonds is 8. The molecule has 0 aliphatic rings. The molecule has 20 heavy (non-hydrogen) atoms. The average molecular weight is 326 g/mol. The summed E-state index contributed by atoms with van der Waals surface area (Å²) in [5, 5.41) is 11.6. The first-order chi connectivity index (χ1) is 9.04. The smallest absolute Gasteiger partial charge is 0.305 e. The van der Waals surface area contributed by atoms with Gasteiger partial charge < -0.3 is 22.4 Å². The molecule has 0 aliphatic carbocycles. The van der Waals surface area contributed by atoms with E-state index in [9.17, 15) is 8.42 Å². The van der Waals surface area contributed by atoms with Gasteiger partial charge in [-0.05, 0) is 6.92 Å². The normalized spacial score (nSPS) is 11.7. The maximum absolute atomic E-state index is 11.3. The number of hydrogen-bond acceptors (Lipinski definition) is 5. The van der Waals surface area contributed by atoms with Crippen molar-refractivity contribution in [3.8, 4) is 0 Å². The van der Waals surface area contributed by atoms with Gasteiger partial charge in [0, 0.05) is 5.75 Å². The predicted molar refractivity (Wildman–Crippen MR) is 70.0 cm³/mol. The molecule has 0 radical (unpaired) electrons.